The highest BCUT2D eigenvalue weighted by atomic mass is 15.1. The van der Waals surface area contributed by atoms with Crippen LogP contribution < -0.4 is 11.5 Å². The van der Waals surface area contributed by atoms with E-state index >= 15 is 0 Å². The Hall–Kier alpha value is -0.870. The third kappa shape index (κ3) is 1.17. The second kappa shape index (κ2) is 2.81. The minimum Gasteiger partial charge on any atom is -0.329 e. The Labute approximate surface area is 59.6 Å². The molecule has 0 radical (unpaired) electrons. The van der Waals surface area contributed by atoms with E-state index in [0.29, 0.717) is 6.54 Å². The van der Waals surface area contributed by atoms with Crippen molar-refractivity contribution in [2.45, 2.75) is 13.0 Å². The molecule has 1 heterocycles. The maximum Gasteiger partial charge on any atom is 0.0538 e. The van der Waals surface area contributed by atoms with Gasteiger partial charge in [-0.25, -0.2) is 0 Å². The van der Waals surface area contributed by atoms with Crippen LogP contribution in [0.1, 0.15) is 17.3 Å². The van der Waals surface area contributed by atoms with Crippen molar-refractivity contribution in [2.24, 2.45) is 11.5 Å². The molecule has 5 N–H and O–H groups in total. The normalized spacial score (nSPS) is 13.5. The number of nitrogens with two attached hydrogens (primary N) is 2. The van der Waals surface area contributed by atoms with Gasteiger partial charge in [0.2, 0.25) is 0 Å². The first-order chi connectivity index (χ1) is 4.75. The van der Waals surface area contributed by atoms with E-state index in [2.05, 4.69) is 10.2 Å². The molecule has 56 valence electrons. The molecule has 0 aliphatic carbocycles. The molecule has 0 bridgehead atoms. The highest BCUT2D eigenvalue weighted by molar-refractivity contribution is 5.18. The average molecular weight is 140 g/mol. The number of aryl methyl sites for hydroxylation is 1. The Kier molecular flexibility index (Phi) is 2.03. The molecular weight excluding hydrogens is 128 g/mol. The molecule has 1 aromatic rings. The van der Waals surface area contributed by atoms with Crippen LogP contribution >= 0.6 is 0 Å². The van der Waals surface area contributed by atoms with Gasteiger partial charge in [0.1, 0.15) is 0 Å². The number of hydrogen-bond donors (Lipinski definition) is 3. The SMILES string of the molecule is Cc1[nH]ncc1C(N)CN. The third-order valence-electron chi connectivity index (χ3n) is 1.52. The number of rotatable bonds is 2. The standard InChI is InChI=1S/C6H12N4/c1-4-5(3-9-10-4)6(8)2-7/h3,6H,2,7-8H2,1H3,(H,9,10). The van der Waals surface area contributed by atoms with Gasteiger partial charge >= 0.3 is 0 Å². The van der Waals surface area contributed by atoms with E-state index < -0.39 is 0 Å². The minimum atomic E-state index is -0.0845. The van der Waals surface area contributed by atoms with Crippen LogP contribution in [-0.4, -0.2) is 16.7 Å². The quantitative estimate of drug-likeness (QED) is 0.526. The molecule has 0 saturated heterocycles. The lowest BCUT2D eigenvalue weighted by Gasteiger charge is -2.05. The van der Waals surface area contributed by atoms with E-state index in [1.54, 1.807) is 6.20 Å². The first kappa shape index (κ1) is 7.24. The van der Waals surface area contributed by atoms with Crippen LogP contribution in [0.4, 0.5) is 0 Å². The van der Waals surface area contributed by atoms with Crippen molar-refractivity contribution >= 4 is 0 Å². The van der Waals surface area contributed by atoms with Gasteiger partial charge in [-0.2, -0.15) is 5.10 Å². The molecule has 0 aliphatic rings. The molecule has 1 unspecified atom stereocenters. The number of nitrogens with zero attached hydrogens (tertiary/aromatic N) is 1. The molecule has 1 aromatic heterocycles. The molecular formula is C6H12N4. The Bertz CT molecular complexity index is 205. The van der Waals surface area contributed by atoms with E-state index in [0.717, 1.165) is 11.3 Å². The summed E-state index contributed by atoms with van der Waals surface area (Å²) in [5.41, 5.74) is 13.0. The molecule has 0 fully saturated rings. The summed E-state index contributed by atoms with van der Waals surface area (Å²) in [6.45, 7) is 2.39. The number of aromatic nitrogens is 2. The molecule has 0 aliphatic heterocycles. The second-order valence-corrected chi connectivity index (χ2v) is 2.29. The van der Waals surface area contributed by atoms with Gasteiger partial charge in [0.25, 0.3) is 0 Å². The molecule has 0 saturated carbocycles. The zero-order valence-corrected chi connectivity index (χ0v) is 5.96. The fraction of sp³-hybridized carbons (Fsp3) is 0.500. The van der Waals surface area contributed by atoms with E-state index in [1.165, 1.54) is 0 Å². The molecule has 1 atom stereocenters. The number of hydrogen-bond acceptors (Lipinski definition) is 3. The highest BCUT2D eigenvalue weighted by Gasteiger charge is 2.07. The maximum atomic E-state index is 5.65. The van der Waals surface area contributed by atoms with Crippen LogP contribution in [-0.2, 0) is 0 Å². The fourth-order valence-electron chi connectivity index (χ4n) is 0.861. The van der Waals surface area contributed by atoms with Crippen LogP contribution in [0.5, 0.6) is 0 Å². The molecule has 4 heteroatoms. The lowest BCUT2D eigenvalue weighted by Crippen LogP contribution is -2.20. The topological polar surface area (TPSA) is 80.7 Å². The van der Waals surface area contributed by atoms with Crippen molar-refractivity contribution in [1.29, 1.82) is 0 Å². The highest BCUT2D eigenvalue weighted by Crippen LogP contribution is 2.09. The summed E-state index contributed by atoms with van der Waals surface area (Å²) in [4.78, 5) is 0. The van der Waals surface area contributed by atoms with Crippen molar-refractivity contribution in [3.05, 3.63) is 17.5 Å². The van der Waals surface area contributed by atoms with Crippen LogP contribution in [0.15, 0.2) is 6.20 Å². The summed E-state index contributed by atoms with van der Waals surface area (Å²) < 4.78 is 0. The zero-order chi connectivity index (χ0) is 7.56. The summed E-state index contributed by atoms with van der Waals surface area (Å²) in [5, 5.41) is 6.63. The van der Waals surface area contributed by atoms with Crippen LogP contribution in [0.25, 0.3) is 0 Å². The van der Waals surface area contributed by atoms with Gasteiger partial charge in [-0.3, -0.25) is 5.10 Å². The smallest absolute Gasteiger partial charge is 0.0538 e. The first-order valence-corrected chi connectivity index (χ1v) is 3.21. The molecule has 4 nitrogen and oxygen atoms in total. The maximum absolute atomic E-state index is 5.65. The Morgan fingerprint density at radius 2 is 2.50 bits per heavy atom. The van der Waals surface area contributed by atoms with Gasteiger partial charge in [0.05, 0.1) is 6.20 Å². The van der Waals surface area contributed by atoms with Crippen LogP contribution in [0.2, 0.25) is 0 Å². The molecule has 0 spiro atoms. The summed E-state index contributed by atoms with van der Waals surface area (Å²) in [5.74, 6) is 0. The summed E-state index contributed by atoms with van der Waals surface area (Å²) in [6, 6.07) is -0.0845. The average Bonchev–Trinajstić information content (AvgIpc) is 2.34. The van der Waals surface area contributed by atoms with Gasteiger partial charge in [0.15, 0.2) is 0 Å². The second-order valence-electron chi connectivity index (χ2n) is 2.29. The molecule has 0 amide bonds. The van der Waals surface area contributed by atoms with Crippen molar-refractivity contribution in [3.8, 4) is 0 Å². The fourth-order valence-corrected chi connectivity index (χ4v) is 0.861. The molecule has 0 aromatic carbocycles. The van der Waals surface area contributed by atoms with E-state index in [-0.39, 0.29) is 6.04 Å². The lowest BCUT2D eigenvalue weighted by molar-refractivity contribution is 0.732. The van der Waals surface area contributed by atoms with Gasteiger partial charge in [-0.15, -0.1) is 0 Å². The minimum absolute atomic E-state index is 0.0845. The Balaban J connectivity index is 2.82. The number of nitrogens with one attached hydrogen (secondary N) is 1. The van der Waals surface area contributed by atoms with Gasteiger partial charge < -0.3 is 11.5 Å². The van der Waals surface area contributed by atoms with E-state index in [4.69, 9.17) is 11.5 Å². The Morgan fingerprint density at radius 3 is 2.90 bits per heavy atom. The van der Waals surface area contributed by atoms with Crippen LogP contribution in [0, 0.1) is 6.92 Å². The van der Waals surface area contributed by atoms with Crippen LogP contribution in [0.3, 0.4) is 0 Å². The summed E-state index contributed by atoms with van der Waals surface area (Å²) in [6.07, 6.45) is 1.72. The van der Waals surface area contributed by atoms with Gasteiger partial charge in [-0.05, 0) is 6.92 Å². The predicted octanol–water partition coefficient (Wildman–Crippen LogP) is -0.323. The first-order valence-electron chi connectivity index (χ1n) is 3.21. The third-order valence-corrected chi connectivity index (χ3v) is 1.52. The molecule has 1 rings (SSSR count). The monoisotopic (exact) mass is 140 g/mol. The zero-order valence-electron chi connectivity index (χ0n) is 5.96. The van der Waals surface area contributed by atoms with Crippen molar-refractivity contribution in [2.75, 3.05) is 6.54 Å². The molecule has 10 heavy (non-hydrogen) atoms. The van der Waals surface area contributed by atoms with Gasteiger partial charge in [0, 0.05) is 23.8 Å². The summed E-state index contributed by atoms with van der Waals surface area (Å²) in [7, 11) is 0. The Morgan fingerprint density at radius 1 is 1.80 bits per heavy atom. The van der Waals surface area contributed by atoms with E-state index in [1.807, 2.05) is 6.92 Å². The van der Waals surface area contributed by atoms with Crippen molar-refractivity contribution in [3.63, 3.8) is 0 Å². The van der Waals surface area contributed by atoms with Gasteiger partial charge in [-0.1, -0.05) is 0 Å². The number of H-pyrrole nitrogens is 1. The number of aromatic amines is 1. The lowest BCUT2D eigenvalue weighted by atomic mass is 10.1. The van der Waals surface area contributed by atoms with Crippen molar-refractivity contribution < 1.29 is 0 Å². The van der Waals surface area contributed by atoms with E-state index in [9.17, 15) is 0 Å². The predicted molar refractivity (Wildman–Crippen MR) is 39.3 cm³/mol. The largest absolute Gasteiger partial charge is 0.329 e. The van der Waals surface area contributed by atoms with Crippen molar-refractivity contribution in [1.82, 2.24) is 10.2 Å². The summed E-state index contributed by atoms with van der Waals surface area (Å²) >= 11 is 0.